The Bertz CT molecular complexity index is 391. The molecule has 2 rings (SSSR count). The van der Waals surface area contributed by atoms with Gasteiger partial charge in [0, 0.05) is 19.1 Å². The Hall–Kier alpha value is -1.36. The van der Waals surface area contributed by atoms with Crippen LogP contribution in [0.4, 0.5) is 5.82 Å². The molecule has 0 aromatic carbocycles. The lowest BCUT2D eigenvalue weighted by atomic mass is 10.2. The molecule has 1 saturated carbocycles. The van der Waals surface area contributed by atoms with Crippen molar-refractivity contribution >= 4 is 5.82 Å². The van der Waals surface area contributed by atoms with Crippen LogP contribution in [0.2, 0.25) is 0 Å². The van der Waals surface area contributed by atoms with E-state index in [1.807, 2.05) is 13.8 Å². The van der Waals surface area contributed by atoms with Crippen LogP contribution in [0.1, 0.15) is 39.5 Å². The van der Waals surface area contributed by atoms with E-state index < -0.39 is 0 Å². The van der Waals surface area contributed by atoms with Crippen LogP contribution >= 0.6 is 0 Å². The van der Waals surface area contributed by atoms with E-state index in [2.05, 4.69) is 14.9 Å². The van der Waals surface area contributed by atoms with Gasteiger partial charge in [0.1, 0.15) is 0 Å². The first-order valence-corrected chi connectivity index (χ1v) is 7.16. The maximum Gasteiger partial charge on any atom is 0.234 e. The van der Waals surface area contributed by atoms with E-state index in [1.54, 1.807) is 12.4 Å². The van der Waals surface area contributed by atoms with Crippen molar-refractivity contribution in [2.45, 2.75) is 51.7 Å². The number of anilines is 1. The van der Waals surface area contributed by atoms with Crippen molar-refractivity contribution in [3.05, 3.63) is 12.4 Å². The first-order chi connectivity index (χ1) is 9.20. The highest BCUT2D eigenvalue weighted by atomic mass is 16.5. The molecule has 0 unspecified atom stereocenters. The first-order valence-electron chi connectivity index (χ1n) is 7.16. The minimum absolute atomic E-state index is 0.110. The van der Waals surface area contributed by atoms with Crippen molar-refractivity contribution in [1.29, 1.82) is 0 Å². The second kappa shape index (κ2) is 6.70. The fourth-order valence-electron chi connectivity index (χ4n) is 2.61. The number of ether oxygens (including phenoxy) is 1. The molecule has 1 aromatic rings. The van der Waals surface area contributed by atoms with Gasteiger partial charge in [-0.2, -0.15) is 4.98 Å². The Morgan fingerprint density at radius 1 is 1.37 bits per heavy atom. The normalized spacial score (nSPS) is 16.0. The summed E-state index contributed by atoms with van der Waals surface area (Å²) >= 11 is 0. The van der Waals surface area contributed by atoms with Crippen LogP contribution in [0.25, 0.3) is 0 Å². The summed E-state index contributed by atoms with van der Waals surface area (Å²) in [6.45, 7) is 5.43. The Kier molecular flexibility index (Phi) is 4.96. The van der Waals surface area contributed by atoms with Gasteiger partial charge in [-0.3, -0.25) is 4.98 Å². The Balaban J connectivity index is 2.15. The van der Waals surface area contributed by atoms with Crippen LogP contribution in [-0.4, -0.2) is 35.2 Å². The number of nitrogens with zero attached hydrogens (tertiary/aromatic N) is 3. The standard InChI is InChI=1S/C14H24N4O/c1-11(2)19-14-10-16-9-13(17-14)18(8-7-15)12-5-3-4-6-12/h9-12H,3-8,15H2,1-2H3. The van der Waals surface area contributed by atoms with E-state index in [0.29, 0.717) is 18.5 Å². The molecular formula is C14H24N4O. The van der Waals surface area contributed by atoms with Gasteiger partial charge in [0.15, 0.2) is 5.82 Å². The van der Waals surface area contributed by atoms with E-state index in [0.717, 1.165) is 12.4 Å². The number of nitrogens with two attached hydrogens (primary N) is 1. The van der Waals surface area contributed by atoms with Crippen LogP contribution in [0.15, 0.2) is 12.4 Å². The highest BCUT2D eigenvalue weighted by Crippen LogP contribution is 2.27. The van der Waals surface area contributed by atoms with E-state index in [9.17, 15) is 0 Å². The summed E-state index contributed by atoms with van der Waals surface area (Å²) in [6, 6.07) is 0.548. The fourth-order valence-corrected chi connectivity index (χ4v) is 2.61. The molecule has 1 aromatic heterocycles. The van der Waals surface area contributed by atoms with Gasteiger partial charge in [0.2, 0.25) is 5.88 Å². The van der Waals surface area contributed by atoms with Gasteiger partial charge in [-0.15, -0.1) is 0 Å². The predicted octanol–water partition coefficient (Wildman–Crippen LogP) is 1.97. The average molecular weight is 264 g/mol. The van der Waals surface area contributed by atoms with Crippen molar-refractivity contribution in [1.82, 2.24) is 9.97 Å². The molecule has 0 aliphatic heterocycles. The zero-order valence-corrected chi connectivity index (χ0v) is 11.9. The van der Waals surface area contributed by atoms with Crippen molar-refractivity contribution in [3.63, 3.8) is 0 Å². The molecule has 0 radical (unpaired) electrons. The maximum absolute atomic E-state index is 5.73. The number of hydrogen-bond acceptors (Lipinski definition) is 5. The van der Waals surface area contributed by atoms with Gasteiger partial charge in [-0.1, -0.05) is 12.8 Å². The summed E-state index contributed by atoms with van der Waals surface area (Å²) in [5, 5.41) is 0. The summed E-state index contributed by atoms with van der Waals surface area (Å²) in [5.41, 5.74) is 5.73. The van der Waals surface area contributed by atoms with Crippen LogP contribution in [-0.2, 0) is 0 Å². The van der Waals surface area contributed by atoms with Crippen LogP contribution in [0.3, 0.4) is 0 Å². The van der Waals surface area contributed by atoms with Gasteiger partial charge in [-0.05, 0) is 26.7 Å². The molecule has 5 nitrogen and oxygen atoms in total. The van der Waals surface area contributed by atoms with Crippen molar-refractivity contribution in [3.8, 4) is 5.88 Å². The quantitative estimate of drug-likeness (QED) is 0.851. The van der Waals surface area contributed by atoms with Gasteiger partial charge in [-0.25, -0.2) is 0 Å². The molecule has 5 heteroatoms. The highest BCUT2D eigenvalue weighted by Gasteiger charge is 2.23. The van der Waals surface area contributed by atoms with Crippen LogP contribution < -0.4 is 15.4 Å². The maximum atomic E-state index is 5.73. The second-order valence-corrected chi connectivity index (χ2v) is 5.30. The monoisotopic (exact) mass is 264 g/mol. The molecule has 1 heterocycles. The SMILES string of the molecule is CC(C)Oc1cncc(N(CCN)C2CCCC2)n1. The lowest BCUT2D eigenvalue weighted by molar-refractivity contribution is 0.231. The minimum atomic E-state index is 0.110. The zero-order valence-electron chi connectivity index (χ0n) is 11.9. The Morgan fingerprint density at radius 3 is 2.74 bits per heavy atom. The zero-order chi connectivity index (χ0) is 13.7. The number of hydrogen-bond donors (Lipinski definition) is 1. The lowest BCUT2D eigenvalue weighted by Gasteiger charge is -2.29. The Morgan fingerprint density at radius 2 is 2.11 bits per heavy atom. The Labute approximate surface area is 115 Å². The third-order valence-electron chi connectivity index (χ3n) is 3.39. The van der Waals surface area contributed by atoms with E-state index in [4.69, 9.17) is 10.5 Å². The molecule has 0 atom stereocenters. The number of aromatic nitrogens is 2. The second-order valence-electron chi connectivity index (χ2n) is 5.30. The highest BCUT2D eigenvalue weighted by molar-refractivity contribution is 5.39. The summed E-state index contributed by atoms with van der Waals surface area (Å²) in [4.78, 5) is 11.1. The van der Waals surface area contributed by atoms with Crippen LogP contribution in [0, 0.1) is 0 Å². The molecule has 0 amide bonds. The van der Waals surface area contributed by atoms with Crippen LogP contribution in [0.5, 0.6) is 5.88 Å². The van der Waals surface area contributed by atoms with Gasteiger partial charge >= 0.3 is 0 Å². The molecule has 0 spiro atoms. The average Bonchev–Trinajstić information content (AvgIpc) is 2.89. The molecule has 19 heavy (non-hydrogen) atoms. The molecule has 1 aliphatic carbocycles. The van der Waals surface area contributed by atoms with E-state index in [-0.39, 0.29) is 6.10 Å². The van der Waals surface area contributed by atoms with E-state index >= 15 is 0 Å². The molecule has 106 valence electrons. The molecular weight excluding hydrogens is 240 g/mol. The summed E-state index contributed by atoms with van der Waals surface area (Å²) < 4.78 is 5.61. The molecule has 0 bridgehead atoms. The topological polar surface area (TPSA) is 64.3 Å². The summed E-state index contributed by atoms with van der Waals surface area (Å²) in [7, 11) is 0. The van der Waals surface area contributed by atoms with Gasteiger partial charge in [0.25, 0.3) is 0 Å². The van der Waals surface area contributed by atoms with Crippen molar-refractivity contribution < 1.29 is 4.74 Å². The van der Waals surface area contributed by atoms with Crippen molar-refractivity contribution in [2.24, 2.45) is 5.73 Å². The predicted molar refractivity (Wildman–Crippen MR) is 76.5 cm³/mol. The smallest absolute Gasteiger partial charge is 0.234 e. The third-order valence-corrected chi connectivity index (χ3v) is 3.39. The van der Waals surface area contributed by atoms with Crippen molar-refractivity contribution in [2.75, 3.05) is 18.0 Å². The van der Waals surface area contributed by atoms with E-state index in [1.165, 1.54) is 25.7 Å². The lowest BCUT2D eigenvalue weighted by Crippen LogP contribution is -2.38. The summed E-state index contributed by atoms with van der Waals surface area (Å²) in [5.74, 6) is 1.48. The largest absolute Gasteiger partial charge is 0.474 e. The minimum Gasteiger partial charge on any atom is -0.474 e. The molecule has 2 N–H and O–H groups in total. The molecule has 0 saturated heterocycles. The summed E-state index contributed by atoms with van der Waals surface area (Å²) in [6.07, 6.45) is 8.61. The third kappa shape index (κ3) is 3.80. The van der Waals surface area contributed by atoms with Gasteiger partial charge in [0.05, 0.1) is 18.5 Å². The number of rotatable bonds is 6. The first kappa shape index (κ1) is 14.1. The molecule has 1 aliphatic rings. The molecule has 1 fully saturated rings. The van der Waals surface area contributed by atoms with Gasteiger partial charge < -0.3 is 15.4 Å². The fraction of sp³-hybridized carbons (Fsp3) is 0.714.